The van der Waals surface area contributed by atoms with Crippen LogP contribution in [0.3, 0.4) is 0 Å². The van der Waals surface area contributed by atoms with E-state index in [4.69, 9.17) is 9.47 Å². The van der Waals surface area contributed by atoms with Crippen LogP contribution in [0, 0.1) is 0 Å². The first kappa shape index (κ1) is 14.5. The zero-order valence-electron chi connectivity index (χ0n) is 13.2. The van der Waals surface area contributed by atoms with E-state index in [1.165, 1.54) is 27.5 Å². The first-order valence-electron chi connectivity index (χ1n) is 7.51. The molecule has 22 heavy (non-hydrogen) atoms. The zero-order valence-corrected chi connectivity index (χ0v) is 13.2. The fourth-order valence-electron chi connectivity index (χ4n) is 2.91. The minimum absolute atomic E-state index is 0.885. The molecule has 0 radical (unpaired) electrons. The molecule has 0 spiro atoms. The van der Waals surface area contributed by atoms with Gasteiger partial charge in [-0.3, -0.25) is 0 Å². The van der Waals surface area contributed by atoms with Crippen LogP contribution in [0.25, 0.3) is 21.9 Å². The van der Waals surface area contributed by atoms with Crippen molar-refractivity contribution < 1.29 is 9.47 Å². The lowest BCUT2D eigenvalue weighted by Crippen LogP contribution is -1.94. The van der Waals surface area contributed by atoms with E-state index < -0.39 is 0 Å². The molecule has 0 amide bonds. The van der Waals surface area contributed by atoms with E-state index in [0.29, 0.717) is 0 Å². The van der Waals surface area contributed by atoms with Crippen LogP contribution in [0.2, 0.25) is 0 Å². The number of methoxy groups -OCH3 is 2. The molecule has 0 unspecified atom stereocenters. The molecule has 3 aromatic rings. The molecule has 2 nitrogen and oxygen atoms in total. The third kappa shape index (κ3) is 2.52. The number of fused-ring (bicyclic) bond motifs is 1. The molecule has 0 heterocycles. The van der Waals surface area contributed by atoms with E-state index in [9.17, 15) is 0 Å². The average Bonchev–Trinajstić information content (AvgIpc) is 2.59. The number of hydrogen-bond acceptors (Lipinski definition) is 2. The molecule has 3 aromatic carbocycles. The summed E-state index contributed by atoms with van der Waals surface area (Å²) in [6.45, 7) is 2.16. The van der Waals surface area contributed by atoms with Gasteiger partial charge in [-0.25, -0.2) is 0 Å². The highest BCUT2D eigenvalue weighted by atomic mass is 16.5. The normalized spacial score (nSPS) is 10.7. The summed E-state index contributed by atoms with van der Waals surface area (Å²) in [5, 5.41) is 2.40. The summed E-state index contributed by atoms with van der Waals surface area (Å²) in [7, 11) is 3.42. The topological polar surface area (TPSA) is 18.5 Å². The third-order valence-electron chi connectivity index (χ3n) is 4.06. The summed E-state index contributed by atoms with van der Waals surface area (Å²) in [5.41, 5.74) is 3.70. The van der Waals surface area contributed by atoms with Gasteiger partial charge in [0.2, 0.25) is 0 Å². The van der Waals surface area contributed by atoms with Gasteiger partial charge in [0.25, 0.3) is 0 Å². The quantitative estimate of drug-likeness (QED) is 0.667. The summed E-state index contributed by atoms with van der Waals surface area (Å²) >= 11 is 0. The van der Waals surface area contributed by atoms with Gasteiger partial charge in [-0.1, -0.05) is 37.3 Å². The van der Waals surface area contributed by atoms with E-state index in [1.54, 1.807) is 14.2 Å². The van der Waals surface area contributed by atoms with Gasteiger partial charge < -0.3 is 9.47 Å². The van der Waals surface area contributed by atoms with Crippen molar-refractivity contribution >= 4 is 10.8 Å². The van der Waals surface area contributed by atoms with Crippen molar-refractivity contribution in [2.45, 2.75) is 13.3 Å². The van der Waals surface area contributed by atoms with Crippen molar-refractivity contribution in [3.63, 3.8) is 0 Å². The number of hydrogen-bond donors (Lipinski definition) is 0. The van der Waals surface area contributed by atoms with Crippen LogP contribution >= 0.6 is 0 Å². The van der Waals surface area contributed by atoms with Gasteiger partial charge in [-0.2, -0.15) is 0 Å². The molecular weight excluding hydrogens is 272 g/mol. The van der Waals surface area contributed by atoms with E-state index in [2.05, 4.69) is 43.3 Å². The van der Waals surface area contributed by atoms with Crippen molar-refractivity contribution in [2.75, 3.05) is 14.2 Å². The maximum atomic E-state index is 5.50. The highest BCUT2D eigenvalue weighted by molar-refractivity contribution is 5.89. The van der Waals surface area contributed by atoms with Crippen molar-refractivity contribution in [2.24, 2.45) is 0 Å². The second-order valence-corrected chi connectivity index (χ2v) is 5.27. The third-order valence-corrected chi connectivity index (χ3v) is 4.06. The Balaban J connectivity index is 2.14. The highest BCUT2D eigenvalue weighted by Crippen LogP contribution is 2.33. The minimum Gasteiger partial charge on any atom is -0.497 e. The molecule has 0 saturated carbocycles. The predicted molar refractivity (Wildman–Crippen MR) is 91.9 cm³/mol. The van der Waals surface area contributed by atoms with Gasteiger partial charge in [-0.05, 0) is 52.6 Å². The maximum Gasteiger partial charge on any atom is 0.122 e. The second kappa shape index (κ2) is 6.10. The maximum absolute atomic E-state index is 5.50. The summed E-state index contributed by atoms with van der Waals surface area (Å²) in [5.74, 6) is 1.84. The molecule has 0 fully saturated rings. The van der Waals surface area contributed by atoms with E-state index in [0.717, 1.165) is 17.9 Å². The molecule has 0 aliphatic carbocycles. The molecule has 2 heteroatoms. The Hall–Kier alpha value is -2.48. The first-order chi connectivity index (χ1) is 10.8. The number of benzene rings is 3. The van der Waals surface area contributed by atoms with Gasteiger partial charge >= 0.3 is 0 Å². The first-order valence-corrected chi connectivity index (χ1v) is 7.51. The molecule has 0 N–H and O–H groups in total. The van der Waals surface area contributed by atoms with E-state index >= 15 is 0 Å². The van der Waals surface area contributed by atoms with Gasteiger partial charge in [-0.15, -0.1) is 0 Å². The highest BCUT2D eigenvalue weighted by Gasteiger charge is 2.09. The van der Waals surface area contributed by atoms with Crippen molar-refractivity contribution in [1.82, 2.24) is 0 Å². The Labute approximate surface area is 131 Å². The summed E-state index contributed by atoms with van der Waals surface area (Å²) in [6, 6.07) is 18.9. The van der Waals surface area contributed by atoms with Gasteiger partial charge in [0.05, 0.1) is 14.2 Å². The fourth-order valence-corrected chi connectivity index (χ4v) is 2.91. The predicted octanol–water partition coefficient (Wildman–Crippen LogP) is 5.09. The average molecular weight is 292 g/mol. The SMILES string of the molecule is CCc1c(OC)cccc1-c1ccc2cc(OC)ccc2c1. The molecule has 0 aromatic heterocycles. The summed E-state index contributed by atoms with van der Waals surface area (Å²) in [4.78, 5) is 0. The van der Waals surface area contributed by atoms with Crippen molar-refractivity contribution in [3.05, 3.63) is 60.2 Å². The monoisotopic (exact) mass is 292 g/mol. The zero-order chi connectivity index (χ0) is 15.5. The smallest absolute Gasteiger partial charge is 0.122 e. The van der Waals surface area contributed by atoms with Gasteiger partial charge in [0.1, 0.15) is 11.5 Å². The minimum atomic E-state index is 0.885. The summed E-state index contributed by atoms with van der Waals surface area (Å²) in [6.07, 6.45) is 0.944. The molecule has 0 saturated heterocycles. The molecule has 0 atom stereocenters. The van der Waals surface area contributed by atoms with Crippen LogP contribution in [0.15, 0.2) is 54.6 Å². The fraction of sp³-hybridized carbons (Fsp3) is 0.200. The van der Waals surface area contributed by atoms with E-state index in [1.807, 2.05) is 18.2 Å². The number of ether oxygens (including phenoxy) is 2. The Bertz CT molecular complexity index is 806. The van der Waals surface area contributed by atoms with Crippen LogP contribution in [-0.4, -0.2) is 14.2 Å². The van der Waals surface area contributed by atoms with Gasteiger partial charge in [0.15, 0.2) is 0 Å². The van der Waals surface area contributed by atoms with Crippen LogP contribution in [0.1, 0.15) is 12.5 Å². The Morgan fingerprint density at radius 3 is 2.32 bits per heavy atom. The molecule has 0 aliphatic rings. The lowest BCUT2D eigenvalue weighted by Gasteiger charge is -2.13. The lowest BCUT2D eigenvalue weighted by molar-refractivity contribution is 0.410. The molecule has 0 bridgehead atoms. The molecule has 3 rings (SSSR count). The Morgan fingerprint density at radius 1 is 0.818 bits per heavy atom. The molecule has 0 aliphatic heterocycles. The van der Waals surface area contributed by atoms with Crippen LogP contribution in [-0.2, 0) is 6.42 Å². The van der Waals surface area contributed by atoms with Crippen LogP contribution in [0.4, 0.5) is 0 Å². The molecule has 112 valence electrons. The second-order valence-electron chi connectivity index (χ2n) is 5.27. The largest absolute Gasteiger partial charge is 0.497 e. The Kier molecular flexibility index (Phi) is 4.01. The lowest BCUT2D eigenvalue weighted by atomic mass is 9.95. The summed E-state index contributed by atoms with van der Waals surface area (Å²) < 4.78 is 10.8. The van der Waals surface area contributed by atoms with Crippen LogP contribution in [0.5, 0.6) is 11.5 Å². The van der Waals surface area contributed by atoms with Crippen molar-refractivity contribution in [1.29, 1.82) is 0 Å². The van der Waals surface area contributed by atoms with Gasteiger partial charge in [0, 0.05) is 5.56 Å². The number of rotatable bonds is 4. The van der Waals surface area contributed by atoms with Crippen LogP contribution < -0.4 is 9.47 Å². The standard InChI is InChI=1S/C20H20O2/c1-4-18-19(6-5-7-20(18)22-3)16-9-8-15-13-17(21-2)11-10-14(15)12-16/h5-13H,4H2,1-3H3. The van der Waals surface area contributed by atoms with E-state index in [-0.39, 0.29) is 0 Å². The molecular formula is C20H20O2. The Morgan fingerprint density at radius 2 is 1.59 bits per heavy atom. The van der Waals surface area contributed by atoms with Crippen molar-refractivity contribution in [3.8, 4) is 22.6 Å².